The molecule has 37 heavy (non-hydrogen) atoms. The molecule has 0 aromatic heterocycles. The first-order valence-electron chi connectivity index (χ1n) is 13.9. The van der Waals surface area contributed by atoms with Crippen LogP contribution in [0.25, 0.3) is 0 Å². The molecule has 0 saturated carbocycles. The summed E-state index contributed by atoms with van der Waals surface area (Å²) in [6.07, 6.45) is 10.5. The van der Waals surface area contributed by atoms with Gasteiger partial charge in [-0.2, -0.15) is 0 Å². The van der Waals surface area contributed by atoms with Gasteiger partial charge in [-0.1, -0.05) is 111 Å². The molecular weight excluding hydrogens is 468 g/mol. The minimum atomic E-state index is -2.52. The van der Waals surface area contributed by atoms with E-state index in [1.165, 1.54) is 21.5 Å². The van der Waals surface area contributed by atoms with Crippen LogP contribution in [0.5, 0.6) is 0 Å². The highest BCUT2D eigenvalue weighted by Crippen LogP contribution is 2.39. The van der Waals surface area contributed by atoms with Gasteiger partial charge in [0.15, 0.2) is 0 Å². The average molecular weight is 517 g/mol. The van der Waals surface area contributed by atoms with Crippen molar-refractivity contribution in [3.8, 4) is 0 Å². The Labute approximate surface area is 227 Å². The summed E-state index contributed by atoms with van der Waals surface area (Å²) in [5.41, 5.74) is 4.12. The van der Waals surface area contributed by atoms with E-state index in [0.717, 1.165) is 37.7 Å². The van der Waals surface area contributed by atoms with E-state index in [-0.39, 0.29) is 10.6 Å². The van der Waals surface area contributed by atoms with Crippen molar-refractivity contribution in [1.29, 1.82) is 0 Å². The Morgan fingerprint density at radius 3 is 1.92 bits per heavy atom. The van der Waals surface area contributed by atoms with Crippen molar-refractivity contribution in [3.05, 3.63) is 96.1 Å². The van der Waals surface area contributed by atoms with Gasteiger partial charge in [-0.15, -0.1) is 0 Å². The van der Waals surface area contributed by atoms with Crippen LogP contribution in [0.15, 0.2) is 96.1 Å². The smallest absolute Gasteiger partial charge is 0.261 e. The van der Waals surface area contributed by atoms with Gasteiger partial charge in [0.25, 0.3) is 8.32 Å². The predicted molar refractivity (Wildman–Crippen MR) is 162 cm³/mol. The third-order valence-corrected chi connectivity index (χ3v) is 12.6. The van der Waals surface area contributed by atoms with Gasteiger partial charge in [-0.05, 0) is 80.8 Å². The van der Waals surface area contributed by atoms with Crippen molar-refractivity contribution >= 4 is 18.7 Å². The Kier molecular flexibility index (Phi) is 9.97. The summed E-state index contributed by atoms with van der Waals surface area (Å²) in [5.74, 6) is 0. The van der Waals surface area contributed by atoms with Crippen LogP contribution >= 0.6 is 0 Å². The zero-order chi connectivity index (χ0) is 27.1. The van der Waals surface area contributed by atoms with Crippen LogP contribution in [-0.2, 0) is 9.16 Å². The molecule has 1 aliphatic heterocycles. The lowest BCUT2D eigenvalue weighted by atomic mass is 10.0. The Morgan fingerprint density at radius 1 is 0.919 bits per heavy atom. The second kappa shape index (κ2) is 12.6. The van der Waals surface area contributed by atoms with Crippen LogP contribution in [0.3, 0.4) is 0 Å². The first-order valence-corrected chi connectivity index (χ1v) is 15.8. The molecule has 200 valence electrons. The topological polar surface area (TPSA) is 21.8 Å². The second-order valence-electron chi connectivity index (χ2n) is 12.3. The predicted octanol–water partition coefficient (Wildman–Crippen LogP) is 8.14. The van der Waals surface area contributed by atoms with Gasteiger partial charge in [0.1, 0.15) is 0 Å². The van der Waals surface area contributed by atoms with Crippen molar-refractivity contribution < 1.29 is 9.16 Å². The normalized spacial score (nSPS) is 18.1. The quantitative estimate of drug-likeness (QED) is 0.152. The maximum atomic E-state index is 7.03. The molecule has 1 saturated heterocycles. The Bertz CT molecular complexity index is 1030. The van der Waals surface area contributed by atoms with Gasteiger partial charge < -0.3 is 9.16 Å². The molecule has 0 amide bonds. The van der Waals surface area contributed by atoms with E-state index in [4.69, 9.17) is 9.16 Å². The Morgan fingerprint density at radius 2 is 1.43 bits per heavy atom. The van der Waals surface area contributed by atoms with Crippen LogP contribution in [-0.4, -0.2) is 26.6 Å². The molecule has 2 aromatic rings. The molecule has 0 N–H and O–H groups in total. The van der Waals surface area contributed by atoms with Crippen molar-refractivity contribution in [2.75, 3.05) is 6.61 Å². The molecule has 0 radical (unpaired) electrons. The lowest BCUT2D eigenvalue weighted by molar-refractivity contribution is 0.320. The van der Waals surface area contributed by atoms with Crippen LogP contribution in [0.1, 0.15) is 80.6 Å². The average Bonchev–Trinajstić information content (AvgIpc) is 3.48. The van der Waals surface area contributed by atoms with E-state index in [1.54, 1.807) is 0 Å². The number of hydrogen-bond donors (Lipinski definition) is 0. The lowest BCUT2D eigenvalue weighted by Crippen LogP contribution is -2.66. The molecule has 1 fully saturated rings. The zero-order valence-electron chi connectivity index (χ0n) is 24.3. The summed E-state index contributed by atoms with van der Waals surface area (Å²) in [5, 5.41) is 2.60. The first-order chi connectivity index (χ1) is 17.5. The van der Waals surface area contributed by atoms with Crippen LogP contribution in [0.4, 0.5) is 0 Å². The molecule has 0 bridgehead atoms. The molecule has 3 heteroatoms. The molecule has 1 aliphatic rings. The molecule has 0 aliphatic carbocycles. The summed E-state index contributed by atoms with van der Waals surface area (Å²) < 4.78 is 12.7. The summed E-state index contributed by atoms with van der Waals surface area (Å²) >= 11 is 0. The van der Waals surface area contributed by atoms with E-state index in [0.29, 0.717) is 12.7 Å². The van der Waals surface area contributed by atoms with Crippen molar-refractivity contribution in [2.24, 2.45) is 0 Å². The lowest BCUT2D eigenvalue weighted by Gasteiger charge is -2.43. The highest BCUT2D eigenvalue weighted by Gasteiger charge is 2.50. The van der Waals surface area contributed by atoms with Gasteiger partial charge in [0, 0.05) is 0 Å². The molecule has 3 rings (SSSR count). The number of epoxide rings is 1. The Hall–Kier alpha value is -2.20. The number of allylic oxidation sites excluding steroid dienone is 4. The Balaban J connectivity index is 1.59. The molecule has 1 heterocycles. The number of ether oxygens (including phenoxy) is 1. The molecule has 2 nitrogen and oxygen atoms in total. The largest absolute Gasteiger partial charge is 0.403 e. The molecule has 1 unspecified atom stereocenters. The highest BCUT2D eigenvalue weighted by molar-refractivity contribution is 6.99. The molecule has 0 spiro atoms. The van der Waals surface area contributed by atoms with Crippen molar-refractivity contribution in [3.63, 3.8) is 0 Å². The fourth-order valence-electron chi connectivity index (χ4n) is 5.20. The van der Waals surface area contributed by atoms with E-state index in [1.807, 2.05) is 0 Å². The maximum absolute atomic E-state index is 7.03. The monoisotopic (exact) mass is 516 g/mol. The summed E-state index contributed by atoms with van der Waals surface area (Å²) in [6, 6.07) is 21.7. The highest BCUT2D eigenvalue weighted by atomic mass is 28.4. The van der Waals surface area contributed by atoms with Gasteiger partial charge in [-0.25, -0.2) is 0 Å². The minimum Gasteiger partial charge on any atom is -0.403 e. The minimum absolute atomic E-state index is 0.0205. The zero-order valence-corrected chi connectivity index (χ0v) is 25.3. The molecule has 2 aromatic carbocycles. The van der Waals surface area contributed by atoms with E-state index in [2.05, 4.69) is 128 Å². The van der Waals surface area contributed by atoms with E-state index >= 15 is 0 Å². The van der Waals surface area contributed by atoms with E-state index < -0.39 is 8.32 Å². The fraction of sp³-hybridized carbons (Fsp3) is 0.471. The third kappa shape index (κ3) is 7.89. The fourth-order valence-corrected chi connectivity index (χ4v) is 9.77. The number of benzene rings is 2. The van der Waals surface area contributed by atoms with Crippen molar-refractivity contribution in [2.45, 2.75) is 97.3 Å². The summed E-state index contributed by atoms with van der Waals surface area (Å²) in [6.45, 7) is 20.8. The van der Waals surface area contributed by atoms with E-state index in [9.17, 15) is 0 Å². The van der Waals surface area contributed by atoms with Gasteiger partial charge in [0.2, 0.25) is 0 Å². The summed E-state index contributed by atoms with van der Waals surface area (Å²) in [4.78, 5) is 0. The third-order valence-electron chi connectivity index (χ3n) is 7.65. The van der Waals surface area contributed by atoms with Gasteiger partial charge in [-0.3, -0.25) is 0 Å². The van der Waals surface area contributed by atoms with Gasteiger partial charge >= 0.3 is 0 Å². The van der Waals surface area contributed by atoms with Gasteiger partial charge in [0.05, 0.1) is 18.3 Å². The van der Waals surface area contributed by atoms with Crippen LogP contribution < -0.4 is 10.4 Å². The van der Waals surface area contributed by atoms with Crippen LogP contribution in [0.2, 0.25) is 5.04 Å². The standard InChI is InChI=1S/C34H48O2Si/c1-27(16-15-17-28(2)24-25-32-34(7,8)36-32)22-23-29(3)26-35-37(33(4,5)6,30-18-11-9-12-19-30)31-20-13-10-14-21-31/h9-14,17-22,32H,3,15-16,23-26H2,1-2,4-8H3/b27-22+,28-17+. The number of hydrogen-bond acceptors (Lipinski definition) is 2. The SMILES string of the molecule is C=C(C/C=C(\C)CC/C=C(\C)CCC1OC1(C)C)CO[Si](c1ccccc1)(c1ccccc1)C(C)(C)C. The molecular formula is C34H48O2Si. The van der Waals surface area contributed by atoms with Crippen molar-refractivity contribution in [1.82, 2.24) is 0 Å². The van der Waals surface area contributed by atoms with Crippen LogP contribution in [0, 0.1) is 0 Å². The number of rotatable bonds is 13. The maximum Gasteiger partial charge on any atom is 0.261 e. The second-order valence-corrected chi connectivity index (χ2v) is 16.6. The first kappa shape index (κ1) is 29.4. The summed E-state index contributed by atoms with van der Waals surface area (Å²) in [7, 11) is -2.52. The molecule has 1 atom stereocenters.